The number of nitrogens with zero attached hydrogens (tertiary/aromatic N) is 1. The molecule has 2 saturated carbocycles. The third kappa shape index (κ3) is 2.52. The fourth-order valence-electron chi connectivity index (χ4n) is 3.85. The predicted molar refractivity (Wildman–Crippen MR) is 79.8 cm³/mol. The maximum atomic E-state index is 8.71. The maximum absolute atomic E-state index is 8.71. The molecule has 2 aliphatic rings. The second kappa shape index (κ2) is 5.44. The Labute approximate surface area is 120 Å². The van der Waals surface area contributed by atoms with Gasteiger partial charge >= 0.3 is 0 Å². The highest BCUT2D eigenvalue weighted by atomic mass is 16.4. The molecular formula is C16H23N3O. The molecule has 0 saturated heterocycles. The van der Waals surface area contributed by atoms with E-state index in [0.29, 0.717) is 6.04 Å². The van der Waals surface area contributed by atoms with E-state index in [4.69, 9.17) is 10.9 Å². The normalized spacial score (nSPS) is 29.1. The van der Waals surface area contributed by atoms with E-state index in [2.05, 4.69) is 23.5 Å². The summed E-state index contributed by atoms with van der Waals surface area (Å²) in [6.45, 7) is 2.99. The number of nitrogens with one attached hydrogen (secondary N) is 1. The van der Waals surface area contributed by atoms with Gasteiger partial charge in [0.1, 0.15) is 0 Å². The molecule has 20 heavy (non-hydrogen) atoms. The van der Waals surface area contributed by atoms with E-state index in [-0.39, 0.29) is 5.84 Å². The molecule has 108 valence electrons. The smallest absolute Gasteiger partial charge is 0.170 e. The van der Waals surface area contributed by atoms with Crippen LogP contribution in [0, 0.1) is 18.8 Å². The third-order valence-electron chi connectivity index (χ3n) is 5.04. The highest BCUT2D eigenvalue weighted by molar-refractivity contribution is 5.97. The lowest BCUT2D eigenvalue weighted by Gasteiger charge is -2.23. The van der Waals surface area contributed by atoms with Gasteiger partial charge in [0, 0.05) is 18.2 Å². The minimum Gasteiger partial charge on any atom is -0.409 e. The van der Waals surface area contributed by atoms with E-state index >= 15 is 0 Å². The van der Waals surface area contributed by atoms with Crippen LogP contribution < -0.4 is 11.1 Å². The number of benzene rings is 1. The van der Waals surface area contributed by atoms with E-state index in [1.165, 1.54) is 36.8 Å². The molecule has 3 rings (SSSR count). The summed E-state index contributed by atoms with van der Waals surface area (Å²) in [5.41, 5.74) is 8.86. The van der Waals surface area contributed by atoms with Crippen molar-refractivity contribution in [1.29, 1.82) is 0 Å². The van der Waals surface area contributed by atoms with E-state index in [1.807, 2.05) is 12.1 Å². The number of amidine groups is 1. The number of fused-ring (bicyclic) bond motifs is 2. The van der Waals surface area contributed by atoms with E-state index in [9.17, 15) is 0 Å². The first kappa shape index (κ1) is 13.4. The largest absolute Gasteiger partial charge is 0.409 e. The summed E-state index contributed by atoms with van der Waals surface area (Å²) in [4.78, 5) is 0. The van der Waals surface area contributed by atoms with Gasteiger partial charge < -0.3 is 16.3 Å². The lowest BCUT2D eigenvalue weighted by atomic mass is 9.95. The van der Waals surface area contributed by atoms with Crippen molar-refractivity contribution in [3.8, 4) is 0 Å². The molecule has 2 fully saturated rings. The monoisotopic (exact) mass is 273 g/mol. The van der Waals surface area contributed by atoms with Gasteiger partial charge in [0.25, 0.3) is 0 Å². The molecular weight excluding hydrogens is 250 g/mol. The molecule has 0 radical (unpaired) electrons. The molecule has 1 aromatic rings. The van der Waals surface area contributed by atoms with Crippen molar-refractivity contribution in [2.75, 3.05) is 0 Å². The summed E-state index contributed by atoms with van der Waals surface area (Å²) in [6, 6.07) is 6.67. The Morgan fingerprint density at radius 1 is 1.40 bits per heavy atom. The molecule has 3 atom stereocenters. The van der Waals surface area contributed by atoms with Crippen molar-refractivity contribution in [1.82, 2.24) is 5.32 Å². The SMILES string of the molecule is Cc1cc(/C(N)=N/O)ccc1CNC1CC2CCC1C2. The third-order valence-corrected chi connectivity index (χ3v) is 5.04. The van der Waals surface area contributed by atoms with Crippen LogP contribution in [0.25, 0.3) is 0 Å². The molecule has 0 aromatic heterocycles. The molecule has 1 aromatic carbocycles. The molecule has 2 bridgehead atoms. The Morgan fingerprint density at radius 2 is 2.25 bits per heavy atom. The van der Waals surface area contributed by atoms with Gasteiger partial charge in [-0.3, -0.25) is 0 Å². The number of rotatable bonds is 4. The van der Waals surface area contributed by atoms with Crippen LogP contribution in [0.2, 0.25) is 0 Å². The minimum absolute atomic E-state index is 0.167. The zero-order valence-electron chi connectivity index (χ0n) is 12.0. The first-order valence-electron chi connectivity index (χ1n) is 7.48. The number of oxime groups is 1. The van der Waals surface area contributed by atoms with Crippen molar-refractivity contribution in [2.24, 2.45) is 22.7 Å². The maximum Gasteiger partial charge on any atom is 0.170 e. The molecule has 4 nitrogen and oxygen atoms in total. The standard InChI is InChI=1S/C16H23N3O/c1-10-6-13(16(17)19-20)4-5-14(10)9-18-15-8-11-2-3-12(15)7-11/h4-6,11-12,15,18,20H,2-3,7-9H2,1H3,(H2,17,19). The average molecular weight is 273 g/mol. The van der Waals surface area contributed by atoms with E-state index in [0.717, 1.165) is 23.9 Å². The van der Waals surface area contributed by atoms with Gasteiger partial charge in [-0.05, 0) is 55.2 Å². The number of hydrogen-bond donors (Lipinski definition) is 3. The molecule has 4 heteroatoms. The first-order valence-corrected chi connectivity index (χ1v) is 7.48. The predicted octanol–water partition coefficient (Wildman–Crippen LogP) is 2.37. The van der Waals surface area contributed by atoms with Crippen LogP contribution >= 0.6 is 0 Å². The molecule has 0 heterocycles. The Kier molecular flexibility index (Phi) is 3.66. The van der Waals surface area contributed by atoms with Crippen molar-refractivity contribution < 1.29 is 5.21 Å². The lowest BCUT2D eigenvalue weighted by molar-refractivity contribution is 0.318. The van der Waals surface area contributed by atoms with Gasteiger partial charge in [0.05, 0.1) is 0 Å². The van der Waals surface area contributed by atoms with Crippen molar-refractivity contribution in [3.05, 3.63) is 34.9 Å². The summed E-state index contributed by atoms with van der Waals surface area (Å²) < 4.78 is 0. The molecule has 0 spiro atoms. The van der Waals surface area contributed by atoms with Gasteiger partial charge in [-0.2, -0.15) is 0 Å². The summed E-state index contributed by atoms with van der Waals surface area (Å²) in [5.74, 6) is 2.04. The fraction of sp³-hybridized carbons (Fsp3) is 0.562. The summed E-state index contributed by atoms with van der Waals surface area (Å²) in [6.07, 6.45) is 5.63. The van der Waals surface area contributed by atoms with Gasteiger partial charge in [-0.1, -0.05) is 23.7 Å². The Bertz CT molecular complexity index is 526. The van der Waals surface area contributed by atoms with Crippen molar-refractivity contribution in [2.45, 2.75) is 45.2 Å². The Balaban J connectivity index is 1.63. The summed E-state index contributed by atoms with van der Waals surface area (Å²) >= 11 is 0. The molecule has 2 aliphatic carbocycles. The van der Waals surface area contributed by atoms with Crippen LogP contribution in [0.15, 0.2) is 23.4 Å². The van der Waals surface area contributed by atoms with Gasteiger partial charge in [0.2, 0.25) is 0 Å². The van der Waals surface area contributed by atoms with E-state index in [1.54, 1.807) is 0 Å². The van der Waals surface area contributed by atoms with Gasteiger partial charge in [-0.25, -0.2) is 0 Å². The number of nitrogens with two attached hydrogens (primary N) is 1. The van der Waals surface area contributed by atoms with Crippen LogP contribution in [0.4, 0.5) is 0 Å². The molecule has 4 N–H and O–H groups in total. The Hall–Kier alpha value is -1.55. The van der Waals surface area contributed by atoms with Crippen LogP contribution in [-0.4, -0.2) is 17.1 Å². The average Bonchev–Trinajstić information content (AvgIpc) is 3.07. The van der Waals surface area contributed by atoms with Gasteiger partial charge in [-0.15, -0.1) is 0 Å². The highest BCUT2D eigenvalue weighted by Gasteiger charge is 2.38. The quantitative estimate of drug-likeness (QED) is 0.341. The summed E-state index contributed by atoms with van der Waals surface area (Å²) in [5, 5.41) is 15.5. The zero-order valence-corrected chi connectivity index (χ0v) is 12.0. The van der Waals surface area contributed by atoms with Gasteiger partial charge in [0.15, 0.2) is 5.84 Å². The van der Waals surface area contributed by atoms with Crippen LogP contribution in [0.1, 0.15) is 42.4 Å². The topological polar surface area (TPSA) is 70.6 Å². The first-order chi connectivity index (χ1) is 9.67. The van der Waals surface area contributed by atoms with Crippen molar-refractivity contribution >= 4 is 5.84 Å². The van der Waals surface area contributed by atoms with Crippen molar-refractivity contribution in [3.63, 3.8) is 0 Å². The lowest BCUT2D eigenvalue weighted by Crippen LogP contribution is -2.33. The van der Waals surface area contributed by atoms with Crippen LogP contribution in [0.5, 0.6) is 0 Å². The molecule has 3 unspecified atom stereocenters. The van der Waals surface area contributed by atoms with Crippen LogP contribution in [0.3, 0.4) is 0 Å². The minimum atomic E-state index is 0.167. The second-order valence-corrected chi connectivity index (χ2v) is 6.29. The fourth-order valence-corrected chi connectivity index (χ4v) is 3.85. The molecule has 0 amide bonds. The zero-order chi connectivity index (χ0) is 14.1. The second-order valence-electron chi connectivity index (χ2n) is 6.29. The highest BCUT2D eigenvalue weighted by Crippen LogP contribution is 2.44. The number of hydrogen-bond acceptors (Lipinski definition) is 3. The molecule has 0 aliphatic heterocycles. The number of aryl methyl sites for hydroxylation is 1. The summed E-state index contributed by atoms with van der Waals surface area (Å²) in [7, 11) is 0. The van der Waals surface area contributed by atoms with E-state index < -0.39 is 0 Å². The Morgan fingerprint density at radius 3 is 2.85 bits per heavy atom. The van der Waals surface area contributed by atoms with Crippen LogP contribution in [-0.2, 0) is 6.54 Å².